The highest BCUT2D eigenvalue weighted by Gasteiger charge is 2.42. The minimum Gasteiger partial charge on any atom is -0.369 e. The van der Waals surface area contributed by atoms with Crippen molar-refractivity contribution in [3.63, 3.8) is 0 Å². The average molecular weight is 598 g/mol. The van der Waals surface area contributed by atoms with Gasteiger partial charge in [0.25, 0.3) is 11.8 Å². The summed E-state index contributed by atoms with van der Waals surface area (Å²) in [6, 6.07) is 24.3. The molecule has 0 spiro atoms. The van der Waals surface area contributed by atoms with Crippen LogP contribution in [0.5, 0.6) is 0 Å². The number of hydrogen-bond acceptors (Lipinski definition) is 5. The van der Waals surface area contributed by atoms with Gasteiger partial charge in [-0.15, -0.1) is 0 Å². The fourth-order valence-corrected chi connectivity index (χ4v) is 5.32. The second-order valence-electron chi connectivity index (χ2n) is 10.4. The Kier molecular flexibility index (Phi) is 8.91. The summed E-state index contributed by atoms with van der Waals surface area (Å²) < 4.78 is 32.7. The molecule has 5 rings (SSSR count). The zero-order valence-corrected chi connectivity index (χ0v) is 23.9. The number of benzene rings is 4. The Hall–Kier alpha value is -5.22. The van der Waals surface area contributed by atoms with E-state index in [0.29, 0.717) is 34.0 Å². The van der Waals surface area contributed by atoms with Crippen LogP contribution in [0, 0.1) is 11.6 Å². The fourth-order valence-electron chi connectivity index (χ4n) is 5.32. The lowest BCUT2D eigenvalue weighted by Gasteiger charge is -2.28. The Bertz CT molecular complexity index is 1710. The fraction of sp³-hybridized carbons (Fsp3) is 0.176. The molecular weight excluding hydrogens is 568 g/mol. The van der Waals surface area contributed by atoms with E-state index in [1.165, 1.54) is 14.0 Å². The number of methoxy groups -OCH3 is 1. The van der Waals surface area contributed by atoms with Crippen molar-refractivity contribution in [1.82, 2.24) is 10.7 Å². The predicted molar refractivity (Wildman–Crippen MR) is 159 cm³/mol. The van der Waals surface area contributed by atoms with Crippen LogP contribution in [0.25, 0.3) is 11.1 Å². The topological polar surface area (TPSA) is 105 Å². The quantitative estimate of drug-likeness (QED) is 0.270. The number of rotatable bonds is 9. The van der Waals surface area contributed by atoms with Crippen molar-refractivity contribution in [2.75, 3.05) is 12.1 Å². The molecule has 0 aromatic heterocycles. The molecule has 10 heteroatoms. The molecule has 0 radical (unpaired) electrons. The van der Waals surface area contributed by atoms with Crippen molar-refractivity contribution in [2.45, 2.75) is 31.4 Å². The van der Waals surface area contributed by atoms with Crippen LogP contribution in [-0.4, -0.2) is 36.7 Å². The molecule has 3 atom stereocenters. The van der Waals surface area contributed by atoms with Gasteiger partial charge in [-0.1, -0.05) is 72.8 Å². The highest BCUT2D eigenvalue weighted by molar-refractivity contribution is 6.18. The first kappa shape index (κ1) is 30.2. The molecule has 44 heavy (non-hydrogen) atoms. The predicted octanol–water partition coefficient (Wildman–Crippen LogP) is 4.80. The zero-order valence-electron chi connectivity index (χ0n) is 23.9. The SMILES string of the molecule is COC(C(=O)C1C(=O)N(NC(=O)[C@H](C)NC(=O)Cc2cc(F)cc(F)c2)c2ccccc2-c2ccccc21)c1ccccc1. The van der Waals surface area contributed by atoms with Crippen LogP contribution in [0.3, 0.4) is 0 Å². The van der Waals surface area contributed by atoms with E-state index >= 15 is 0 Å². The van der Waals surface area contributed by atoms with Gasteiger partial charge in [0.05, 0.1) is 12.1 Å². The van der Waals surface area contributed by atoms with Crippen LogP contribution < -0.4 is 15.8 Å². The number of para-hydroxylation sites is 1. The van der Waals surface area contributed by atoms with Crippen molar-refractivity contribution in [3.05, 3.63) is 125 Å². The van der Waals surface area contributed by atoms with Crippen LogP contribution in [0.2, 0.25) is 0 Å². The number of hydrogen-bond donors (Lipinski definition) is 2. The van der Waals surface area contributed by atoms with Gasteiger partial charge in [-0.05, 0) is 47.4 Å². The number of nitrogens with one attached hydrogen (secondary N) is 2. The number of carbonyl (C=O) groups is 4. The second-order valence-corrected chi connectivity index (χ2v) is 10.4. The minimum atomic E-state index is -1.35. The molecule has 2 N–H and O–H groups in total. The third kappa shape index (κ3) is 6.25. The maximum absolute atomic E-state index is 14.3. The largest absolute Gasteiger partial charge is 0.369 e. The molecular formula is C34H29F2N3O5. The number of nitrogens with zero attached hydrogens (tertiary/aromatic N) is 1. The normalized spacial score (nSPS) is 15.3. The summed E-state index contributed by atoms with van der Waals surface area (Å²) in [4.78, 5) is 54.5. The van der Waals surface area contributed by atoms with Crippen molar-refractivity contribution < 1.29 is 32.7 Å². The van der Waals surface area contributed by atoms with Crippen LogP contribution >= 0.6 is 0 Å². The highest BCUT2D eigenvalue weighted by Crippen LogP contribution is 2.42. The molecule has 0 bridgehead atoms. The smallest absolute Gasteiger partial charge is 0.261 e. The summed E-state index contributed by atoms with van der Waals surface area (Å²) in [5.74, 6) is -5.66. The van der Waals surface area contributed by atoms with Crippen LogP contribution in [0.15, 0.2) is 97.1 Å². The zero-order chi connectivity index (χ0) is 31.4. The minimum absolute atomic E-state index is 0.0921. The Labute approximate surface area is 252 Å². The third-order valence-electron chi connectivity index (χ3n) is 7.34. The molecule has 1 aliphatic heterocycles. The van der Waals surface area contributed by atoms with Crippen molar-refractivity contribution >= 4 is 29.2 Å². The van der Waals surface area contributed by atoms with E-state index in [0.717, 1.165) is 17.1 Å². The van der Waals surface area contributed by atoms with Crippen LogP contribution in [0.1, 0.15) is 35.6 Å². The standard InChI is InChI=1S/C34H29F2N3O5/c1-20(37-29(40)18-21-16-23(35)19-24(36)17-21)33(42)38-39-28-15-9-8-13-26(28)25-12-6-7-14-27(25)30(34(39)43)31(41)32(44-2)22-10-4-3-5-11-22/h3-17,19-20,30,32H,18H2,1-2H3,(H,37,40)(H,38,42)/t20-,30?,32?/m0/s1. The number of anilines is 1. The third-order valence-corrected chi connectivity index (χ3v) is 7.34. The van der Waals surface area contributed by atoms with Gasteiger partial charge in [-0.3, -0.25) is 24.6 Å². The Morgan fingerprint density at radius 1 is 0.864 bits per heavy atom. The number of amides is 3. The molecule has 4 aromatic carbocycles. The molecule has 8 nitrogen and oxygen atoms in total. The number of ketones is 1. The van der Waals surface area contributed by atoms with Gasteiger partial charge in [0.1, 0.15) is 29.7 Å². The average Bonchev–Trinajstić information content (AvgIpc) is 3.10. The van der Waals surface area contributed by atoms with Gasteiger partial charge >= 0.3 is 0 Å². The Balaban J connectivity index is 1.45. The summed E-state index contributed by atoms with van der Waals surface area (Å²) >= 11 is 0. The molecule has 0 fully saturated rings. The van der Waals surface area contributed by atoms with Gasteiger partial charge in [0, 0.05) is 18.7 Å². The summed E-state index contributed by atoms with van der Waals surface area (Å²) in [5.41, 5.74) is 5.27. The highest BCUT2D eigenvalue weighted by atomic mass is 19.1. The van der Waals surface area contributed by atoms with E-state index in [-0.39, 0.29) is 12.0 Å². The molecule has 224 valence electrons. The molecule has 1 aliphatic rings. The number of Topliss-reactive ketones (excluding diaryl/α,β-unsaturated/α-hetero) is 1. The monoisotopic (exact) mass is 597 g/mol. The lowest BCUT2D eigenvalue weighted by atomic mass is 9.85. The molecule has 0 saturated heterocycles. The second kappa shape index (κ2) is 13.0. The van der Waals surface area contributed by atoms with E-state index in [2.05, 4.69) is 10.7 Å². The summed E-state index contributed by atoms with van der Waals surface area (Å²) in [6.45, 7) is 1.40. The molecule has 0 saturated carbocycles. The molecule has 4 aromatic rings. The number of hydrazine groups is 1. The van der Waals surface area contributed by atoms with Gasteiger partial charge in [-0.25, -0.2) is 13.8 Å². The van der Waals surface area contributed by atoms with E-state index in [1.54, 1.807) is 78.9 Å². The van der Waals surface area contributed by atoms with Crippen molar-refractivity contribution in [3.8, 4) is 11.1 Å². The van der Waals surface area contributed by atoms with Gasteiger partial charge in [0.15, 0.2) is 5.78 Å². The first-order valence-corrected chi connectivity index (χ1v) is 13.9. The summed E-state index contributed by atoms with van der Waals surface area (Å²) in [7, 11) is 1.39. The number of halogens is 2. The van der Waals surface area contributed by atoms with Gasteiger partial charge in [0.2, 0.25) is 5.91 Å². The molecule has 2 unspecified atom stereocenters. The molecule has 0 aliphatic carbocycles. The van der Waals surface area contributed by atoms with Gasteiger partial charge in [-0.2, -0.15) is 0 Å². The summed E-state index contributed by atoms with van der Waals surface area (Å²) in [6.07, 6.45) is -1.44. The molecule has 1 heterocycles. The first-order valence-electron chi connectivity index (χ1n) is 13.9. The van der Waals surface area contributed by atoms with Crippen molar-refractivity contribution in [2.24, 2.45) is 0 Å². The van der Waals surface area contributed by atoms with Crippen LogP contribution in [-0.2, 0) is 30.3 Å². The lowest BCUT2D eigenvalue weighted by Crippen LogP contribution is -2.55. The molecule has 3 amide bonds. The van der Waals surface area contributed by atoms with E-state index in [9.17, 15) is 28.0 Å². The first-order chi connectivity index (χ1) is 21.2. The number of fused-ring (bicyclic) bond motifs is 3. The Morgan fingerprint density at radius 2 is 1.48 bits per heavy atom. The van der Waals surface area contributed by atoms with E-state index in [4.69, 9.17) is 4.74 Å². The van der Waals surface area contributed by atoms with Gasteiger partial charge < -0.3 is 10.1 Å². The van der Waals surface area contributed by atoms with Crippen molar-refractivity contribution in [1.29, 1.82) is 0 Å². The maximum atomic E-state index is 14.3. The number of carbonyl (C=O) groups excluding carboxylic acids is 4. The van der Waals surface area contributed by atoms with E-state index in [1.807, 2.05) is 0 Å². The number of ether oxygens (including phenoxy) is 1. The summed E-state index contributed by atoms with van der Waals surface area (Å²) in [5, 5.41) is 3.52. The lowest BCUT2D eigenvalue weighted by molar-refractivity contribution is -0.137. The van der Waals surface area contributed by atoms with Crippen LogP contribution in [0.4, 0.5) is 14.5 Å². The maximum Gasteiger partial charge on any atom is 0.261 e. The Morgan fingerprint density at radius 3 is 2.16 bits per heavy atom. The van der Waals surface area contributed by atoms with E-state index < -0.39 is 53.2 Å².